The first-order valence-electron chi connectivity index (χ1n) is 8.77. The summed E-state index contributed by atoms with van der Waals surface area (Å²) in [7, 11) is 0. The molecule has 0 saturated heterocycles. The topological polar surface area (TPSA) is 46.1 Å². The average Bonchev–Trinajstić information content (AvgIpc) is 3.23. The normalized spacial score (nSPS) is 11.2. The zero-order valence-corrected chi connectivity index (χ0v) is 15.8. The van der Waals surface area contributed by atoms with Crippen molar-refractivity contribution in [3.8, 4) is 10.6 Å². The molecular weight excluding hydrogens is 330 g/mol. The van der Waals surface area contributed by atoms with Crippen LogP contribution in [-0.2, 0) is 13.1 Å². The first-order chi connectivity index (χ1) is 12.1. The van der Waals surface area contributed by atoms with Gasteiger partial charge in [0.1, 0.15) is 0 Å². The summed E-state index contributed by atoms with van der Waals surface area (Å²) in [6.45, 7) is 8.43. The molecule has 0 aliphatic heterocycles. The van der Waals surface area contributed by atoms with Crippen molar-refractivity contribution >= 4 is 28.3 Å². The van der Waals surface area contributed by atoms with Crippen molar-refractivity contribution in [3.63, 3.8) is 0 Å². The molecule has 0 bridgehead atoms. The second kappa shape index (κ2) is 7.74. The van der Waals surface area contributed by atoms with Gasteiger partial charge in [-0.25, -0.2) is 4.79 Å². The van der Waals surface area contributed by atoms with Crippen LogP contribution in [0.4, 0.5) is 4.79 Å². The van der Waals surface area contributed by atoms with Crippen LogP contribution in [0, 0.1) is 5.92 Å². The number of carbonyl (C=O) groups is 1. The highest BCUT2D eigenvalue weighted by molar-refractivity contribution is 7.13. The van der Waals surface area contributed by atoms with Crippen LogP contribution in [0.2, 0.25) is 0 Å². The first-order valence-corrected chi connectivity index (χ1v) is 9.65. The highest BCUT2D eigenvalue weighted by Crippen LogP contribution is 2.36. The Kier molecular flexibility index (Phi) is 5.43. The van der Waals surface area contributed by atoms with Crippen LogP contribution in [-0.4, -0.2) is 17.1 Å². The minimum absolute atomic E-state index is 0.112. The van der Waals surface area contributed by atoms with Gasteiger partial charge in [-0.1, -0.05) is 38.1 Å². The maximum absolute atomic E-state index is 12.1. The summed E-state index contributed by atoms with van der Waals surface area (Å²) in [5.41, 5.74) is 3.61. The Balaban J connectivity index is 1.96. The molecule has 1 aromatic carbocycles. The van der Waals surface area contributed by atoms with Crippen LogP contribution < -0.4 is 10.6 Å². The van der Waals surface area contributed by atoms with Crippen molar-refractivity contribution in [2.24, 2.45) is 5.92 Å². The summed E-state index contributed by atoms with van der Waals surface area (Å²) >= 11 is 1.73. The fourth-order valence-corrected chi connectivity index (χ4v) is 3.91. The van der Waals surface area contributed by atoms with Gasteiger partial charge >= 0.3 is 6.03 Å². The van der Waals surface area contributed by atoms with Crippen LogP contribution >= 0.6 is 11.3 Å². The van der Waals surface area contributed by atoms with Gasteiger partial charge in [-0.05, 0) is 30.4 Å². The largest absolute Gasteiger partial charge is 0.340 e. The minimum Gasteiger partial charge on any atom is -0.340 e. The molecule has 0 unspecified atom stereocenters. The molecule has 0 saturated carbocycles. The number of benzene rings is 1. The van der Waals surface area contributed by atoms with Crippen molar-refractivity contribution in [1.29, 1.82) is 0 Å². The molecule has 3 rings (SSSR count). The van der Waals surface area contributed by atoms with Crippen molar-refractivity contribution in [1.82, 2.24) is 15.2 Å². The monoisotopic (exact) mass is 355 g/mol. The maximum Gasteiger partial charge on any atom is 0.315 e. The average molecular weight is 356 g/mol. The third-order valence-corrected chi connectivity index (χ3v) is 5.12. The lowest BCUT2D eigenvalue weighted by Gasteiger charge is -2.11. The molecule has 0 aliphatic rings. The zero-order valence-electron chi connectivity index (χ0n) is 15.0. The van der Waals surface area contributed by atoms with Gasteiger partial charge < -0.3 is 15.2 Å². The maximum atomic E-state index is 12.1. The number of thiophene rings is 1. The van der Waals surface area contributed by atoms with E-state index in [1.165, 1.54) is 27.0 Å². The van der Waals surface area contributed by atoms with E-state index in [-0.39, 0.29) is 6.03 Å². The molecular formula is C20H25N3OS. The molecule has 4 nitrogen and oxygen atoms in total. The van der Waals surface area contributed by atoms with E-state index in [4.69, 9.17) is 0 Å². The molecule has 0 atom stereocenters. The van der Waals surface area contributed by atoms with E-state index in [2.05, 4.69) is 77.8 Å². The molecule has 132 valence electrons. The molecule has 0 aliphatic carbocycles. The van der Waals surface area contributed by atoms with E-state index in [0.717, 1.165) is 6.54 Å². The van der Waals surface area contributed by atoms with Gasteiger partial charge in [0.25, 0.3) is 0 Å². The van der Waals surface area contributed by atoms with Gasteiger partial charge in [-0.2, -0.15) is 0 Å². The minimum atomic E-state index is -0.112. The van der Waals surface area contributed by atoms with Crippen molar-refractivity contribution in [2.75, 3.05) is 6.54 Å². The van der Waals surface area contributed by atoms with E-state index in [1.807, 2.05) is 0 Å². The number of aromatic nitrogens is 1. The Morgan fingerprint density at radius 3 is 2.64 bits per heavy atom. The Labute approximate surface area is 152 Å². The lowest BCUT2D eigenvalue weighted by molar-refractivity contribution is 0.239. The lowest BCUT2D eigenvalue weighted by atomic mass is 10.1. The number of rotatable bonds is 6. The summed E-state index contributed by atoms with van der Waals surface area (Å²) in [4.78, 5) is 13.3. The van der Waals surface area contributed by atoms with Crippen LogP contribution in [0.3, 0.4) is 0 Å². The van der Waals surface area contributed by atoms with Gasteiger partial charge in [-0.15, -0.1) is 11.3 Å². The summed E-state index contributed by atoms with van der Waals surface area (Å²) < 4.78 is 2.34. The van der Waals surface area contributed by atoms with Gasteiger partial charge in [0.05, 0.1) is 10.6 Å². The first kappa shape index (κ1) is 17.5. The van der Waals surface area contributed by atoms with Gasteiger partial charge in [0.15, 0.2) is 0 Å². The number of aryl methyl sites for hydroxylation is 1. The van der Waals surface area contributed by atoms with Crippen molar-refractivity contribution in [2.45, 2.75) is 33.9 Å². The molecule has 2 N–H and O–H groups in total. The fourth-order valence-electron chi connectivity index (χ4n) is 3.11. The lowest BCUT2D eigenvalue weighted by Crippen LogP contribution is -2.37. The SMILES string of the molecule is CCn1c(-c2cccs2)c(CNC(=O)NCC(C)C)c2ccccc21. The number of urea groups is 1. The second-order valence-corrected chi connectivity index (χ2v) is 7.47. The number of hydrogen-bond donors (Lipinski definition) is 2. The van der Waals surface area contributed by atoms with E-state index in [9.17, 15) is 4.79 Å². The number of para-hydroxylation sites is 1. The summed E-state index contributed by atoms with van der Waals surface area (Å²) in [6.07, 6.45) is 0. The zero-order chi connectivity index (χ0) is 17.8. The number of amides is 2. The van der Waals surface area contributed by atoms with Crippen molar-refractivity contribution < 1.29 is 4.79 Å². The van der Waals surface area contributed by atoms with E-state index in [1.54, 1.807) is 11.3 Å². The van der Waals surface area contributed by atoms with Crippen LogP contribution in [0.15, 0.2) is 41.8 Å². The molecule has 2 aromatic heterocycles. The van der Waals surface area contributed by atoms with Gasteiger partial charge in [0.2, 0.25) is 0 Å². The number of carbonyl (C=O) groups excluding carboxylic acids is 1. The van der Waals surface area contributed by atoms with Crippen LogP contribution in [0.1, 0.15) is 26.3 Å². The van der Waals surface area contributed by atoms with Crippen LogP contribution in [0.25, 0.3) is 21.5 Å². The van der Waals surface area contributed by atoms with Gasteiger partial charge in [0, 0.05) is 36.1 Å². The summed E-state index contributed by atoms with van der Waals surface area (Å²) in [5.74, 6) is 0.439. The standard InChI is InChI=1S/C20H25N3OS/c1-4-23-17-9-6-5-8-15(17)16(19(23)18-10-7-11-25-18)13-22-20(24)21-12-14(2)3/h5-11,14H,4,12-13H2,1-3H3,(H2,21,22,24). The Morgan fingerprint density at radius 1 is 1.16 bits per heavy atom. The Morgan fingerprint density at radius 2 is 1.96 bits per heavy atom. The number of nitrogens with zero attached hydrogens (tertiary/aromatic N) is 1. The quantitative estimate of drug-likeness (QED) is 0.653. The fraction of sp³-hybridized carbons (Fsp3) is 0.350. The van der Waals surface area contributed by atoms with E-state index >= 15 is 0 Å². The molecule has 2 heterocycles. The van der Waals surface area contributed by atoms with E-state index in [0.29, 0.717) is 19.0 Å². The number of fused-ring (bicyclic) bond motifs is 1. The third kappa shape index (κ3) is 3.71. The number of nitrogens with one attached hydrogen (secondary N) is 2. The van der Waals surface area contributed by atoms with Crippen molar-refractivity contribution in [3.05, 3.63) is 47.3 Å². The smallest absolute Gasteiger partial charge is 0.315 e. The molecule has 0 radical (unpaired) electrons. The van der Waals surface area contributed by atoms with E-state index < -0.39 is 0 Å². The molecule has 5 heteroatoms. The predicted molar refractivity (Wildman–Crippen MR) is 106 cm³/mol. The Bertz CT molecular complexity index is 849. The molecule has 0 fully saturated rings. The Hall–Kier alpha value is -2.27. The molecule has 25 heavy (non-hydrogen) atoms. The summed E-state index contributed by atoms with van der Waals surface area (Å²) in [5, 5.41) is 9.25. The van der Waals surface area contributed by atoms with Crippen LogP contribution in [0.5, 0.6) is 0 Å². The van der Waals surface area contributed by atoms with Gasteiger partial charge in [-0.3, -0.25) is 0 Å². The second-order valence-electron chi connectivity index (χ2n) is 6.52. The highest BCUT2D eigenvalue weighted by Gasteiger charge is 2.18. The predicted octanol–water partition coefficient (Wildman–Crippen LogP) is 4.84. The molecule has 3 aromatic rings. The molecule has 2 amide bonds. The molecule has 0 spiro atoms. The number of hydrogen-bond acceptors (Lipinski definition) is 2. The highest BCUT2D eigenvalue weighted by atomic mass is 32.1. The third-order valence-electron chi connectivity index (χ3n) is 4.24. The summed E-state index contributed by atoms with van der Waals surface area (Å²) in [6, 6.07) is 12.5.